The highest BCUT2D eigenvalue weighted by atomic mass is 35.5. The molecule has 0 aliphatic heterocycles. The first-order valence-electron chi connectivity index (χ1n) is 5.80. The van der Waals surface area contributed by atoms with E-state index in [1.165, 1.54) is 11.8 Å². The van der Waals surface area contributed by atoms with E-state index >= 15 is 0 Å². The molecule has 0 saturated heterocycles. The van der Waals surface area contributed by atoms with E-state index in [2.05, 4.69) is 20.6 Å². The van der Waals surface area contributed by atoms with Crippen molar-refractivity contribution in [1.29, 1.82) is 0 Å². The van der Waals surface area contributed by atoms with Crippen LogP contribution in [0, 0.1) is 0 Å². The second-order valence-corrected chi connectivity index (χ2v) is 5.06. The SMILES string of the molecule is CNc1cc(NCc2ccc(Cl)cc2)nc(SC)n1. The van der Waals surface area contributed by atoms with E-state index in [1.54, 1.807) is 0 Å². The minimum absolute atomic E-state index is 0.700. The average Bonchev–Trinajstić information content (AvgIpc) is 2.46. The predicted molar refractivity (Wildman–Crippen MR) is 82.1 cm³/mol. The van der Waals surface area contributed by atoms with Crippen molar-refractivity contribution in [3.05, 3.63) is 40.9 Å². The molecule has 0 unspecified atom stereocenters. The van der Waals surface area contributed by atoms with Crippen molar-refractivity contribution in [3.8, 4) is 0 Å². The molecule has 1 aromatic carbocycles. The van der Waals surface area contributed by atoms with E-state index in [0.717, 1.165) is 27.4 Å². The van der Waals surface area contributed by atoms with Crippen LogP contribution in [0.3, 0.4) is 0 Å². The molecular weight excluding hydrogens is 280 g/mol. The molecule has 0 atom stereocenters. The molecule has 19 heavy (non-hydrogen) atoms. The van der Waals surface area contributed by atoms with Gasteiger partial charge < -0.3 is 10.6 Å². The molecule has 1 heterocycles. The van der Waals surface area contributed by atoms with Crippen LogP contribution in [0.1, 0.15) is 5.56 Å². The minimum Gasteiger partial charge on any atom is -0.373 e. The largest absolute Gasteiger partial charge is 0.373 e. The maximum absolute atomic E-state index is 5.86. The smallest absolute Gasteiger partial charge is 0.191 e. The Balaban J connectivity index is 2.08. The summed E-state index contributed by atoms with van der Waals surface area (Å²) >= 11 is 7.37. The molecule has 0 amide bonds. The Labute approximate surface area is 122 Å². The Morgan fingerprint density at radius 1 is 1.16 bits per heavy atom. The highest BCUT2D eigenvalue weighted by molar-refractivity contribution is 7.98. The van der Waals surface area contributed by atoms with Gasteiger partial charge in [0.2, 0.25) is 0 Å². The van der Waals surface area contributed by atoms with Crippen LogP contribution in [0.5, 0.6) is 0 Å². The number of aromatic nitrogens is 2. The summed E-state index contributed by atoms with van der Waals surface area (Å²) in [6, 6.07) is 9.63. The number of nitrogens with zero attached hydrogens (tertiary/aromatic N) is 2. The van der Waals surface area contributed by atoms with Gasteiger partial charge in [-0.3, -0.25) is 0 Å². The first kappa shape index (κ1) is 14.0. The standard InChI is InChI=1S/C13H15ClN4S/c1-15-11-7-12(18-13(17-11)19-2)16-8-9-3-5-10(14)6-4-9/h3-7H,8H2,1-2H3,(H2,15,16,17,18). The Bertz CT molecular complexity index is 523. The van der Waals surface area contributed by atoms with Gasteiger partial charge in [0.1, 0.15) is 11.6 Å². The van der Waals surface area contributed by atoms with Crippen molar-refractivity contribution < 1.29 is 0 Å². The van der Waals surface area contributed by atoms with Crippen LogP contribution in [0.25, 0.3) is 0 Å². The molecule has 4 nitrogen and oxygen atoms in total. The van der Waals surface area contributed by atoms with Crippen LogP contribution in [0.4, 0.5) is 11.6 Å². The van der Waals surface area contributed by atoms with E-state index in [9.17, 15) is 0 Å². The second-order valence-electron chi connectivity index (χ2n) is 3.86. The number of rotatable bonds is 5. The summed E-state index contributed by atoms with van der Waals surface area (Å²) in [5, 5.41) is 7.79. The first-order chi connectivity index (χ1) is 9.21. The number of anilines is 2. The van der Waals surface area contributed by atoms with Gasteiger partial charge in [0.15, 0.2) is 5.16 Å². The lowest BCUT2D eigenvalue weighted by Gasteiger charge is -2.09. The number of nitrogens with one attached hydrogen (secondary N) is 2. The number of hydrogen-bond donors (Lipinski definition) is 2. The Morgan fingerprint density at radius 3 is 2.47 bits per heavy atom. The summed E-state index contributed by atoms with van der Waals surface area (Å²) in [4.78, 5) is 8.73. The van der Waals surface area contributed by atoms with Gasteiger partial charge in [0.05, 0.1) is 0 Å². The van der Waals surface area contributed by atoms with E-state index in [1.807, 2.05) is 43.6 Å². The van der Waals surface area contributed by atoms with Crippen LogP contribution in [-0.2, 0) is 6.54 Å². The quantitative estimate of drug-likeness (QED) is 0.653. The maximum Gasteiger partial charge on any atom is 0.191 e. The molecule has 0 fully saturated rings. The minimum atomic E-state index is 0.700. The molecule has 0 bridgehead atoms. The van der Waals surface area contributed by atoms with Crippen molar-refractivity contribution in [3.63, 3.8) is 0 Å². The zero-order valence-corrected chi connectivity index (χ0v) is 12.3. The summed E-state index contributed by atoms with van der Waals surface area (Å²) in [5.74, 6) is 1.61. The molecule has 0 aliphatic rings. The van der Waals surface area contributed by atoms with Gasteiger partial charge in [-0.15, -0.1) is 0 Å². The number of halogens is 1. The van der Waals surface area contributed by atoms with Gasteiger partial charge in [-0.2, -0.15) is 0 Å². The topological polar surface area (TPSA) is 49.8 Å². The van der Waals surface area contributed by atoms with Crippen molar-refractivity contribution >= 4 is 35.0 Å². The van der Waals surface area contributed by atoms with Crippen LogP contribution >= 0.6 is 23.4 Å². The fraction of sp³-hybridized carbons (Fsp3) is 0.231. The van der Waals surface area contributed by atoms with E-state index in [4.69, 9.17) is 11.6 Å². The predicted octanol–water partition coefficient (Wildman–Crippen LogP) is 3.51. The summed E-state index contributed by atoms with van der Waals surface area (Å²) in [5.41, 5.74) is 1.15. The lowest BCUT2D eigenvalue weighted by Crippen LogP contribution is -2.04. The van der Waals surface area contributed by atoms with Gasteiger partial charge in [0.25, 0.3) is 0 Å². The summed E-state index contributed by atoms with van der Waals surface area (Å²) in [6.45, 7) is 0.700. The van der Waals surface area contributed by atoms with E-state index < -0.39 is 0 Å². The molecule has 2 N–H and O–H groups in total. The molecular formula is C13H15ClN4S. The fourth-order valence-electron chi connectivity index (χ4n) is 1.53. The third-order valence-corrected chi connectivity index (χ3v) is 3.33. The highest BCUT2D eigenvalue weighted by Gasteiger charge is 2.03. The van der Waals surface area contributed by atoms with Gasteiger partial charge in [-0.05, 0) is 24.0 Å². The van der Waals surface area contributed by atoms with Crippen LogP contribution in [-0.4, -0.2) is 23.3 Å². The third-order valence-electron chi connectivity index (χ3n) is 2.53. The molecule has 1 aromatic heterocycles. The Kier molecular flexibility index (Phi) is 4.87. The maximum atomic E-state index is 5.86. The van der Waals surface area contributed by atoms with E-state index in [0.29, 0.717) is 6.54 Å². The summed E-state index contributed by atoms with van der Waals surface area (Å²) in [7, 11) is 1.84. The van der Waals surface area contributed by atoms with Gasteiger partial charge in [-0.1, -0.05) is 35.5 Å². The molecule has 6 heteroatoms. The Morgan fingerprint density at radius 2 is 1.84 bits per heavy atom. The van der Waals surface area contributed by atoms with Gasteiger partial charge in [0, 0.05) is 24.7 Å². The lowest BCUT2D eigenvalue weighted by molar-refractivity contribution is 0.958. The zero-order valence-electron chi connectivity index (χ0n) is 10.8. The summed E-state index contributed by atoms with van der Waals surface area (Å²) in [6.07, 6.45) is 1.96. The lowest BCUT2D eigenvalue weighted by atomic mass is 10.2. The first-order valence-corrected chi connectivity index (χ1v) is 7.40. The normalized spacial score (nSPS) is 10.3. The van der Waals surface area contributed by atoms with Crippen molar-refractivity contribution in [1.82, 2.24) is 9.97 Å². The van der Waals surface area contributed by atoms with Gasteiger partial charge >= 0.3 is 0 Å². The number of benzene rings is 1. The number of hydrogen-bond acceptors (Lipinski definition) is 5. The van der Waals surface area contributed by atoms with Crippen LogP contribution < -0.4 is 10.6 Å². The molecule has 0 radical (unpaired) electrons. The van der Waals surface area contributed by atoms with Crippen LogP contribution in [0.2, 0.25) is 5.02 Å². The molecule has 0 aliphatic carbocycles. The molecule has 100 valence electrons. The second kappa shape index (κ2) is 6.63. The molecule has 2 aromatic rings. The van der Waals surface area contributed by atoms with Gasteiger partial charge in [-0.25, -0.2) is 9.97 Å². The number of thioether (sulfide) groups is 1. The zero-order chi connectivity index (χ0) is 13.7. The van der Waals surface area contributed by atoms with Crippen molar-refractivity contribution in [2.75, 3.05) is 23.9 Å². The monoisotopic (exact) mass is 294 g/mol. The van der Waals surface area contributed by atoms with E-state index in [-0.39, 0.29) is 0 Å². The highest BCUT2D eigenvalue weighted by Crippen LogP contribution is 2.18. The van der Waals surface area contributed by atoms with Crippen molar-refractivity contribution in [2.45, 2.75) is 11.7 Å². The molecule has 2 rings (SSSR count). The molecule has 0 spiro atoms. The fourth-order valence-corrected chi connectivity index (χ4v) is 2.04. The Hall–Kier alpha value is -1.46. The average molecular weight is 295 g/mol. The molecule has 0 saturated carbocycles. The van der Waals surface area contributed by atoms with Crippen molar-refractivity contribution in [2.24, 2.45) is 0 Å². The summed E-state index contributed by atoms with van der Waals surface area (Å²) < 4.78 is 0. The van der Waals surface area contributed by atoms with Crippen LogP contribution in [0.15, 0.2) is 35.5 Å². The third kappa shape index (κ3) is 4.01.